The number of hydrogen-bond donors (Lipinski definition) is 2. The Bertz CT molecular complexity index is 1040. The number of carboxylic acid groups (broad SMARTS) is 1. The van der Waals surface area contributed by atoms with Crippen LogP contribution in [0.4, 0.5) is 14.5 Å². The van der Waals surface area contributed by atoms with Crippen molar-refractivity contribution in [2.24, 2.45) is 17.1 Å². The summed E-state index contributed by atoms with van der Waals surface area (Å²) >= 11 is 0. The molecule has 2 saturated carbocycles. The standard InChI is InChI=1S/C24H28F2N2O4/c1-23(27)10-28(11-24(23)6-7-24)19-17(26)9-15-18(21(19)32-2)12(14-8-16(14)25)4-3-5-13(20(15)29)22(30)31/h5,9,12,14,16H,3-4,6-8,10-11,27H2,1-2H3,(H,30,31)/b13-5+/t12?,14-,16-,23?/m0/s1. The molecule has 1 aromatic rings. The van der Waals surface area contributed by atoms with Crippen molar-refractivity contribution in [3.05, 3.63) is 34.7 Å². The van der Waals surface area contributed by atoms with Gasteiger partial charge in [0.25, 0.3) is 0 Å². The Morgan fingerprint density at radius 1 is 1.34 bits per heavy atom. The van der Waals surface area contributed by atoms with Crippen molar-refractivity contribution in [3.63, 3.8) is 0 Å². The number of Topliss-reactive ketones (excluding diaryl/α,β-unsaturated/α-hetero) is 1. The van der Waals surface area contributed by atoms with Crippen LogP contribution in [-0.2, 0) is 4.79 Å². The lowest BCUT2D eigenvalue weighted by Gasteiger charge is -2.30. The summed E-state index contributed by atoms with van der Waals surface area (Å²) in [6, 6.07) is 1.12. The number of methoxy groups -OCH3 is 1. The molecule has 5 rings (SSSR count). The number of alkyl halides is 1. The number of ketones is 1. The number of nitrogens with zero attached hydrogens (tertiary/aromatic N) is 1. The van der Waals surface area contributed by atoms with Gasteiger partial charge in [-0.25, -0.2) is 13.6 Å². The summed E-state index contributed by atoms with van der Waals surface area (Å²) in [6.07, 6.45) is 3.49. The van der Waals surface area contributed by atoms with Gasteiger partial charge >= 0.3 is 5.97 Å². The quantitative estimate of drug-likeness (QED) is 0.687. The molecule has 0 radical (unpaired) electrons. The Kier molecular flexibility index (Phi) is 4.68. The Labute approximate surface area is 185 Å². The second kappa shape index (κ2) is 7.01. The first kappa shape index (κ1) is 21.4. The van der Waals surface area contributed by atoms with Crippen molar-refractivity contribution in [3.8, 4) is 5.75 Å². The molecule has 1 spiro atoms. The van der Waals surface area contributed by atoms with Crippen LogP contribution in [0.15, 0.2) is 17.7 Å². The van der Waals surface area contributed by atoms with Crippen LogP contribution in [0.1, 0.15) is 60.9 Å². The van der Waals surface area contributed by atoms with Crippen LogP contribution in [0.3, 0.4) is 0 Å². The van der Waals surface area contributed by atoms with E-state index in [2.05, 4.69) is 0 Å². The van der Waals surface area contributed by atoms with Gasteiger partial charge in [-0.2, -0.15) is 0 Å². The fourth-order valence-electron chi connectivity index (χ4n) is 5.89. The highest BCUT2D eigenvalue weighted by Gasteiger charge is 2.61. The zero-order valence-electron chi connectivity index (χ0n) is 18.3. The average Bonchev–Trinajstić information content (AvgIpc) is 3.61. The number of carbonyl (C=O) groups excluding carboxylic acids is 1. The summed E-state index contributed by atoms with van der Waals surface area (Å²) in [7, 11) is 1.41. The van der Waals surface area contributed by atoms with E-state index in [1.165, 1.54) is 13.2 Å². The molecule has 32 heavy (non-hydrogen) atoms. The fourth-order valence-corrected chi connectivity index (χ4v) is 5.89. The molecule has 3 N–H and O–H groups in total. The second-order valence-electron chi connectivity index (χ2n) is 10.1. The molecule has 0 aromatic heterocycles. The highest BCUT2D eigenvalue weighted by molar-refractivity contribution is 6.24. The van der Waals surface area contributed by atoms with Crippen molar-refractivity contribution >= 4 is 17.4 Å². The summed E-state index contributed by atoms with van der Waals surface area (Å²) in [4.78, 5) is 26.7. The summed E-state index contributed by atoms with van der Waals surface area (Å²) in [6.45, 7) is 3.00. The third kappa shape index (κ3) is 3.06. The Morgan fingerprint density at radius 2 is 2.03 bits per heavy atom. The van der Waals surface area contributed by atoms with Crippen LogP contribution in [0.5, 0.6) is 5.75 Å². The minimum atomic E-state index is -1.35. The molecule has 1 heterocycles. The molecule has 3 aliphatic carbocycles. The molecule has 2 unspecified atom stereocenters. The number of benzene rings is 1. The maximum absolute atomic E-state index is 15.6. The average molecular weight is 446 g/mol. The number of anilines is 1. The van der Waals surface area contributed by atoms with Gasteiger partial charge in [0.05, 0.1) is 7.11 Å². The largest absolute Gasteiger partial charge is 0.494 e. The Balaban J connectivity index is 1.69. The van der Waals surface area contributed by atoms with E-state index in [9.17, 15) is 19.1 Å². The monoisotopic (exact) mass is 446 g/mol. The third-order valence-electron chi connectivity index (χ3n) is 8.04. The highest BCUT2D eigenvalue weighted by atomic mass is 19.1. The molecule has 3 fully saturated rings. The first-order valence-electron chi connectivity index (χ1n) is 11.2. The number of carboxylic acids is 1. The highest BCUT2D eigenvalue weighted by Crippen LogP contribution is 2.60. The van der Waals surface area contributed by atoms with Gasteiger partial charge in [0.2, 0.25) is 5.78 Å². The zero-order valence-corrected chi connectivity index (χ0v) is 18.3. The maximum atomic E-state index is 15.6. The Hall–Kier alpha value is -2.48. The normalized spacial score (nSPS) is 34.4. The lowest BCUT2D eigenvalue weighted by Crippen LogP contribution is -2.45. The van der Waals surface area contributed by atoms with E-state index >= 15 is 4.39 Å². The van der Waals surface area contributed by atoms with Gasteiger partial charge in [0.15, 0.2) is 5.82 Å². The molecule has 1 aromatic carbocycles. The molecule has 8 heteroatoms. The summed E-state index contributed by atoms with van der Waals surface area (Å²) < 4.78 is 35.5. The number of fused-ring (bicyclic) bond motifs is 1. The van der Waals surface area contributed by atoms with E-state index in [0.29, 0.717) is 37.9 Å². The predicted molar refractivity (Wildman–Crippen MR) is 114 cm³/mol. The lowest BCUT2D eigenvalue weighted by molar-refractivity contribution is -0.132. The summed E-state index contributed by atoms with van der Waals surface area (Å²) in [5, 5.41) is 9.53. The SMILES string of the molecule is COc1c2c(cc(F)c1N1CC(C)(N)C3(CC3)C1)C(=O)/C(C(=O)O)=C\CCC2[C@@H]1C[C@@H]1F. The second-order valence-corrected chi connectivity index (χ2v) is 10.1. The van der Waals surface area contributed by atoms with E-state index in [1.54, 1.807) is 0 Å². The number of allylic oxidation sites excluding steroid dienone is 1. The van der Waals surface area contributed by atoms with Crippen molar-refractivity contribution in [1.29, 1.82) is 0 Å². The van der Waals surface area contributed by atoms with Crippen LogP contribution in [0.2, 0.25) is 0 Å². The number of halogens is 2. The van der Waals surface area contributed by atoms with Crippen LogP contribution in [0, 0.1) is 17.2 Å². The molecule has 0 bridgehead atoms. The van der Waals surface area contributed by atoms with Crippen molar-refractivity contribution in [2.45, 2.75) is 56.7 Å². The predicted octanol–water partition coefficient (Wildman–Crippen LogP) is 3.58. The van der Waals surface area contributed by atoms with Crippen molar-refractivity contribution in [2.75, 3.05) is 25.1 Å². The van der Waals surface area contributed by atoms with Crippen molar-refractivity contribution in [1.82, 2.24) is 0 Å². The zero-order chi connectivity index (χ0) is 23.0. The summed E-state index contributed by atoms with van der Waals surface area (Å²) in [5.41, 5.74) is 6.25. The van der Waals surface area contributed by atoms with Gasteiger partial charge in [0, 0.05) is 35.2 Å². The van der Waals surface area contributed by atoms with E-state index in [-0.39, 0.29) is 39.8 Å². The first-order valence-corrected chi connectivity index (χ1v) is 11.2. The van der Waals surface area contributed by atoms with E-state index in [4.69, 9.17) is 10.5 Å². The third-order valence-corrected chi connectivity index (χ3v) is 8.04. The molecule has 4 aliphatic rings. The number of carbonyl (C=O) groups is 2. The van der Waals surface area contributed by atoms with E-state index < -0.39 is 29.3 Å². The Morgan fingerprint density at radius 3 is 2.56 bits per heavy atom. The van der Waals surface area contributed by atoms with Crippen molar-refractivity contribution < 1.29 is 28.2 Å². The van der Waals surface area contributed by atoms with E-state index in [0.717, 1.165) is 18.9 Å². The van der Waals surface area contributed by atoms with Crippen LogP contribution in [-0.4, -0.2) is 48.8 Å². The molecule has 4 atom stereocenters. The number of rotatable bonds is 4. The molecule has 0 amide bonds. The molecule has 1 saturated heterocycles. The van der Waals surface area contributed by atoms with Crippen LogP contribution >= 0.6 is 0 Å². The smallest absolute Gasteiger partial charge is 0.339 e. The van der Waals surface area contributed by atoms with Gasteiger partial charge in [-0.1, -0.05) is 6.08 Å². The molecular formula is C24H28F2N2O4. The van der Waals surface area contributed by atoms with Gasteiger partial charge in [0.1, 0.15) is 23.2 Å². The first-order chi connectivity index (χ1) is 15.1. The van der Waals surface area contributed by atoms with Gasteiger partial charge in [-0.3, -0.25) is 4.79 Å². The topological polar surface area (TPSA) is 92.9 Å². The van der Waals surface area contributed by atoms with Crippen LogP contribution < -0.4 is 15.4 Å². The number of aliphatic carboxylic acids is 1. The fraction of sp³-hybridized carbons (Fsp3) is 0.583. The van der Waals surface area contributed by atoms with Gasteiger partial charge < -0.3 is 20.5 Å². The maximum Gasteiger partial charge on any atom is 0.339 e. The minimum absolute atomic E-state index is 0.0450. The minimum Gasteiger partial charge on any atom is -0.494 e. The molecular weight excluding hydrogens is 418 g/mol. The number of hydrogen-bond acceptors (Lipinski definition) is 5. The molecule has 1 aliphatic heterocycles. The number of nitrogens with two attached hydrogens (primary N) is 1. The number of ether oxygens (including phenoxy) is 1. The van der Waals surface area contributed by atoms with Gasteiger partial charge in [-0.15, -0.1) is 0 Å². The molecule has 172 valence electrons. The lowest BCUT2D eigenvalue weighted by atomic mass is 9.80. The van der Waals surface area contributed by atoms with Crippen LogP contribution in [0.25, 0.3) is 0 Å². The van der Waals surface area contributed by atoms with Gasteiger partial charge in [-0.05, 0) is 56.9 Å². The summed E-state index contributed by atoms with van der Waals surface area (Å²) in [5.74, 6) is -3.21. The molecule has 6 nitrogen and oxygen atoms in total. The van der Waals surface area contributed by atoms with E-state index in [1.807, 2.05) is 11.8 Å².